The highest BCUT2D eigenvalue weighted by atomic mass is 32.1. The summed E-state index contributed by atoms with van der Waals surface area (Å²) in [5.74, 6) is -0.442. The molecule has 3 rings (SSSR count). The van der Waals surface area contributed by atoms with Crippen molar-refractivity contribution in [3.63, 3.8) is 0 Å². The van der Waals surface area contributed by atoms with Crippen LogP contribution in [0.3, 0.4) is 0 Å². The lowest BCUT2D eigenvalue weighted by molar-refractivity contribution is 0.0529. The average molecular weight is 372 g/mol. The first-order chi connectivity index (χ1) is 12.2. The van der Waals surface area contributed by atoms with Crippen molar-refractivity contribution in [1.29, 1.82) is 0 Å². The van der Waals surface area contributed by atoms with Gasteiger partial charge < -0.3 is 10.1 Å². The molecule has 2 amide bonds. The second kappa shape index (κ2) is 7.96. The summed E-state index contributed by atoms with van der Waals surface area (Å²) in [6.45, 7) is 2.03. The van der Waals surface area contributed by atoms with Crippen LogP contribution in [0.4, 0.5) is 15.5 Å². The van der Waals surface area contributed by atoms with E-state index in [1.165, 1.54) is 22.7 Å². The molecule has 3 aromatic rings. The summed E-state index contributed by atoms with van der Waals surface area (Å²) in [5.41, 5.74) is 1.83. The zero-order valence-corrected chi connectivity index (χ0v) is 15.1. The Morgan fingerprint density at radius 3 is 2.52 bits per heavy atom. The third kappa shape index (κ3) is 4.07. The van der Waals surface area contributed by atoms with Crippen molar-refractivity contribution in [3.8, 4) is 10.4 Å². The van der Waals surface area contributed by atoms with Crippen molar-refractivity contribution in [2.45, 2.75) is 6.92 Å². The SMILES string of the molecule is CCOC(=O)c1c(-c2cccs2)csc1NC(=O)Nc1ccccc1. The lowest BCUT2D eigenvalue weighted by Gasteiger charge is -2.09. The third-order valence-electron chi connectivity index (χ3n) is 3.32. The van der Waals surface area contributed by atoms with Gasteiger partial charge >= 0.3 is 12.0 Å². The molecule has 7 heteroatoms. The number of rotatable bonds is 5. The molecule has 5 nitrogen and oxygen atoms in total. The van der Waals surface area contributed by atoms with E-state index < -0.39 is 12.0 Å². The summed E-state index contributed by atoms with van der Waals surface area (Å²) in [7, 11) is 0. The minimum Gasteiger partial charge on any atom is -0.462 e. The first-order valence-electron chi connectivity index (χ1n) is 7.64. The van der Waals surface area contributed by atoms with Crippen molar-refractivity contribution < 1.29 is 14.3 Å². The van der Waals surface area contributed by atoms with Crippen LogP contribution in [0.1, 0.15) is 17.3 Å². The quantitative estimate of drug-likeness (QED) is 0.597. The highest BCUT2D eigenvalue weighted by Crippen LogP contribution is 2.38. The zero-order chi connectivity index (χ0) is 17.6. The van der Waals surface area contributed by atoms with Crippen LogP contribution in [-0.4, -0.2) is 18.6 Å². The van der Waals surface area contributed by atoms with E-state index in [1.807, 2.05) is 41.1 Å². The number of ether oxygens (including phenoxy) is 1. The van der Waals surface area contributed by atoms with Crippen LogP contribution in [-0.2, 0) is 4.74 Å². The van der Waals surface area contributed by atoms with Crippen molar-refractivity contribution in [2.75, 3.05) is 17.2 Å². The minimum absolute atomic E-state index is 0.272. The van der Waals surface area contributed by atoms with Crippen LogP contribution < -0.4 is 10.6 Å². The molecule has 2 aromatic heterocycles. The number of carbonyl (C=O) groups excluding carboxylic acids is 2. The van der Waals surface area contributed by atoms with E-state index in [9.17, 15) is 9.59 Å². The van der Waals surface area contributed by atoms with Crippen LogP contribution >= 0.6 is 22.7 Å². The number of urea groups is 1. The zero-order valence-electron chi connectivity index (χ0n) is 13.4. The Morgan fingerprint density at radius 2 is 1.84 bits per heavy atom. The van der Waals surface area contributed by atoms with Gasteiger partial charge in [-0.15, -0.1) is 22.7 Å². The average Bonchev–Trinajstić information content (AvgIpc) is 3.25. The normalized spacial score (nSPS) is 10.3. The maximum absolute atomic E-state index is 12.4. The molecule has 0 saturated carbocycles. The Morgan fingerprint density at radius 1 is 1.04 bits per heavy atom. The van der Waals surface area contributed by atoms with Crippen molar-refractivity contribution >= 4 is 45.4 Å². The largest absolute Gasteiger partial charge is 0.462 e. The molecule has 128 valence electrons. The number of para-hydroxylation sites is 1. The van der Waals surface area contributed by atoms with Gasteiger partial charge in [-0.2, -0.15) is 0 Å². The number of esters is 1. The van der Waals surface area contributed by atoms with E-state index in [4.69, 9.17) is 4.74 Å². The number of thiophene rings is 2. The first kappa shape index (κ1) is 17.2. The number of hydrogen-bond acceptors (Lipinski definition) is 5. The number of carbonyl (C=O) groups is 2. The number of benzene rings is 1. The minimum atomic E-state index is -0.442. The topological polar surface area (TPSA) is 67.4 Å². The van der Waals surface area contributed by atoms with Gasteiger partial charge in [0.25, 0.3) is 0 Å². The molecular formula is C18H16N2O3S2. The Balaban J connectivity index is 1.85. The predicted molar refractivity (Wildman–Crippen MR) is 103 cm³/mol. The number of anilines is 2. The Labute approximate surface area is 153 Å². The number of nitrogens with one attached hydrogen (secondary N) is 2. The highest BCUT2D eigenvalue weighted by Gasteiger charge is 2.23. The van der Waals surface area contributed by atoms with Crippen LogP contribution in [0, 0.1) is 0 Å². The molecule has 2 heterocycles. The highest BCUT2D eigenvalue weighted by molar-refractivity contribution is 7.17. The molecule has 0 aliphatic rings. The molecule has 0 aliphatic heterocycles. The van der Waals surface area contributed by atoms with Gasteiger partial charge in [-0.1, -0.05) is 24.3 Å². The molecule has 25 heavy (non-hydrogen) atoms. The summed E-state index contributed by atoms with van der Waals surface area (Å²) in [5, 5.41) is 9.76. The Bertz CT molecular complexity index is 858. The van der Waals surface area contributed by atoms with Gasteiger partial charge in [0.05, 0.1) is 6.61 Å². The fraction of sp³-hybridized carbons (Fsp3) is 0.111. The van der Waals surface area contributed by atoms with E-state index in [0.29, 0.717) is 16.3 Å². The fourth-order valence-corrected chi connectivity index (χ4v) is 4.02. The molecule has 2 N–H and O–H groups in total. The second-order valence-electron chi connectivity index (χ2n) is 5.00. The van der Waals surface area contributed by atoms with Crippen LogP contribution in [0.2, 0.25) is 0 Å². The molecule has 0 saturated heterocycles. The predicted octanol–water partition coefficient (Wildman–Crippen LogP) is 5.30. The second-order valence-corrected chi connectivity index (χ2v) is 6.82. The number of amides is 2. The summed E-state index contributed by atoms with van der Waals surface area (Å²) < 4.78 is 5.17. The smallest absolute Gasteiger partial charge is 0.341 e. The molecule has 1 aromatic carbocycles. The van der Waals surface area contributed by atoms with Gasteiger partial charge in [-0.3, -0.25) is 5.32 Å². The monoisotopic (exact) mass is 372 g/mol. The van der Waals surface area contributed by atoms with E-state index >= 15 is 0 Å². The van der Waals surface area contributed by atoms with Crippen molar-refractivity contribution in [3.05, 3.63) is 58.8 Å². The maximum atomic E-state index is 12.4. The van der Waals surface area contributed by atoms with Crippen LogP contribution in [0.5, 0.6) is 0 Å². The molecule has 0 bridgehead atoms. The summed E-state index contributed by atoms with van der Waals surface area (Å²) in [6.07, 6.45) is 0. The van der Waals surface area contributed by atoms with Gasteiger partial charge in [0.2, 0.25) is 0 Å². The summed E-state index contributed by atoms with van der Waals surface area (Å²) >= 11 is 2.83. The lowest BCUT2D eigenvalue weighted by Crippen LogP contribution is -2.20. The van der Waals surface area contributed by atoms with Gasteiger partial charge in [0, 0.05) is 21.5 Å². The first-order valence-corrected chi connectivity index (χ1v) is 9.40. The van der Waals surface area contributed by atoms with Crippen molar-refractivity contribution in [1.82, 2.24) is 0 Å². The van der Waals surface area contributed by atoms with Gasteiger partial charge in [-0.25, -0.2) is 9.59 Å². The van der Waals surface area contributed by atoms with Crippen LogP contribution in [0.25, 0.3) is 10.4 Å². The maximum Gasteiger partial charge on any atom is 0.341 e. The van der Waals surface area contributed by atoms with Gasteiger partial charge in [0.1, 0.15) is 10.6 Å². The lowest BCUT2D eigenvalue weighted by atomic mass is 10.1. The van der Waals surface area contributed by atoms with Crippen LogP contribution in [0.15, 0.2) is 53.2 Å². The molecule has 0 atom stereocenters. The molecule has 0 radical (unpaired) electrons. The standard InChI is InChI=1S/C18H16N2O3S2/c1-2-23-17(21)15-13(14-9-6-10-24-14)11-25-16(15)20-18(22)19-12-7-4-3-5-8-12/h3-11H,2H2,1H3,(H2,19,20,22). The molecule has 0 aliphatic carbocycles. The van der Waals surface area contributed by atoms with E-state index in [2.05, 4.69) is 10.6 Å². The number of hydrogen-bond donors (Lipinski definition) is 2. The molecule has 0 unspecified atom stereocenters. The van der Waals surface area contributed by atoms with Gasteiger partial charge in [0.15, 0.2) is 0 Å². The summed E-state index contributed by atoms with van der Waals surface area (Å²) in [6, 6.07) is 12.6. The third-order valence-corrected chi connectivity index (χ3v) is 5.11. The molecular weight excluding hydrogens is 356 g/mol. The van der Waals surface area contributed by atoms with E-state index in [-0.39, 0.29) is 6.61 Å². The van der Waals surface area contributed by atoms with E-state index in [0.717, 1.165) is 10.4 Å². The van der Waals surface area contributed by atoms with Gasteiger partial charge in [-0.05, 0) is 30.5 Å². The molecule has 0 spiro atoms. The van der Waals surface area contributed by atoms with E-state index in [1.54, 1.807) is 19.1 Å². The Hall–Kier alpha value is -2.64. The van der Waals surface area contributed by atoms with Crippen molar-refractivity contribution in [2.24, 2.45) is 0 Å². The molecule has 0 fully saturated rings. The Kier molecular flexibility index (Phi) is 5.47. The summed E-state index contributed by atoms with van der Waals surface area (Å²) in [4.78, 5) is 25.6. The fourth-order valence-electron chi connectivity index (χ4n) is 2.26.